The quantitative estimate of drug-likeness (QED) is 0.715. The highest BCUT2D eigenvalue weighted by Crippen LogP contribution is 2.22. The summed E-state index contributed by atoms with van der Waals surface area (Å²) in [6.07, 6.45) is 2.73. The van der Waals surface area contributed by atoms with Crippen LogP contribution in [0.3, 0.4) is 0 Å². The Morgan fingerprint density at radius 3 is 2.89 bits per heavy atom. The lowest BCUT2D eigenvalue weighted by Gasteiger charge is -2.23. The van der Waals surface area contributed by atoms with Crippen molar-refractivity contribution in [2.45, 2.75) is 13.3 Å². The van der Waals surface area contributed by atoms with Crippen LogP contribution in [0.25, 0.3) is 10.9 Å². The van der Waals surface area contributed by atoms with Gasteiger partial charge >= 0.3 is 0 Å². The number of likely N-dealkylation sites (N-methyl/N-ethyl adjacent to an activating group) is 1. The number of hydrogen-bond acceptors (Lipinski definition) is 5. The number of carbonyl (C=O) groups excluding carboxylic acids is 1. The van der Waals surface area contributed by atoms with E-state index < -0.39 is 0 Å². The third kappa shape index (κ3) is 3.85. The van der Waals surface area contributed by atoms with Crippen LogP contribution in [0.15, 0.2) is 47.1 Å². The number of nitrogens with zero attached hydrogens (tertiary/aromatic N) is 4. The predicted octanol–water partition coefficient (Wildman–Crippen LogP) is 2.78. The molecule has 0 spiro atoms. The summed E-state index contributed by atoms with van der Waals surface area (Å²) in [7, 11) is 2.11. The second-order valence-corrected chi connectivity index (χ2v) is 7.40. The predicted molar refractivity (Wildman–Crippen MR) is 104 cm³/mol. The van der Waals surface area contributed by atoms with Gasteiger partial charge in [-0.1, -0.05) is 29.4 Å². The minimum atomic E-state index is -0.0526. The van der Waals surface area contributed by atoms with Gasteiger partial charge in [-0.3, -0.25) is 9.78 Å². The number of para-hydroxylation sites is 1. The molecule has 0 unspecified atom stereocenters. The molecule has 0 aliphatic carbocycles. The molecular formula is C21H24N4O2. The van der Waals surface area contributed by atoms with Crippen LogP contribution in [0.2, 0.25) is 0 Å². The molecule has 3 aromatic rings. The van der Waals surface area contributed by atoms with Crippen LogP contribution < -0.4 is 0 Å². The standard InChI is InChI=1S/C21H24N4O2/c1-15-11-19(23-27-15)21(26)25-10-9-24(2)13-16(14-25)12-18-6-3-5-17-7-4-8-22-20(17)18/h3-8,11,16H,9-10,12-14H2,1-2H3/t16-/m1/s1. The Kier molecular flexibility index (Phi) is 4.90. The van der Waals surface area contributed by atoms with Gasteiger partial charge in [-0.05, 0) is 37.9 Å². The van der Waals surface area contributed by atoms with Crippen molar-refractivity contribution in [3.05, 3.63) is 59.6 Å². The number of amides is 1. The van der Waals surface area contributed by atoms with Crippen molar-refractivity contribution in [2.24, 2.45) is 5.92 Å². The number of pyridine rings is 1. The van der Waals surface area contributed by atoms with Gasteiger partial charge in [-0.25, -0.2) is 0 Å². The van der Waals surface area contributed by atoms with E-state index >= 15 is 0 Å². The first kappa shape index (κ1) is 17.7. The van der Waals surface area contributed by atoms with Gasteiger partial charge in [0.05, 0.1) is 5.52 Å². The van der Waals surface area contributed by atoms with Gasteiger partial charge in [0.2, 0.25) is 0 Å². The van der Waals surface area contributed by atoms with Crippen molar-refractivity contribution < 1.29 is 9.32 Å². The van der Waals surface area contributed by atoms with Gasteiger partial charge in [0.1, 0.15) is 5.76 Å². The van der Waals surface area contributed by atoms with Crippen LogP contribution in [0.1, 0.15) is 21.8 Å². The summed E-state index contributed by atoms with van der Waals surface area (Å²) in [4.78, 5) is 21.6. The summed E-state index contributed by atoms with van der Waals surface area (Å²) in [6.45, 7) is 5.01. The summed E-state index contributed by atoms with van der Waals surface area (Å²) in [5.74, 6) is 0.939. The summed E-state index contributed by atoms with van der Waals surface area (Å²) >= 11 is 0. The molecule has 0 saturated carbocycles. The fourth-order valence-electron chi connectivity index (χ4n) is 3.87. The molecule has 1 aliphatic rings. The number of hydrogen-bond donors (Lipinski definition) is 0. The highest BCUT2D eigenvalue weighted by atomic mass is 16.5. The fourth-order valence-corrected chi connectivity index (χ4v) is 3.87. The average Bonchev–Trinajstić information content (AvgIpc) is 3.02. The average molecular weight is 364 g/mol. The first-order chi connectivity index (χ1) is 13.1. The Hall–Kier alpha value is -2.73. The topological polar surface area (TPSA) is 62.5 Å². The van der Waals surface area contributed by atoms with E-state index in [4.69, 9.17) is 4.52 Å². The van der Waals surface area contributed by atoms with Crippen LogP contribution in [0, 0.1) is 12.8 Å². The molecule has 27 heavy (non-hydrogen) atoms. The van der Waals surface area contributed by atoms with Crippen LogP contribution in [-0.2, 0) is 6.42 Å². The molecule has 1 aromatic carbocycles. The van der Waals surface area contributed by atoms with Crippen molar-refractivity contribution in [3.63, 3.8) is 0 Å². The van der Waals surface area contributed by atoms with E-state index in [2.05, 4.69) is 46.4 Å². The maximum atomic E-state index is 12.9. The summed E-state index contributed by atoms with van der Waals surface area (Å²) in [5.41, 5.74) is 2.68. The Morgan fingerprint density at radius 2 is 2.07 bits per heavy atom. The monoisotopic (exact) mass is 364 g/mol. The minimum absolute atomic E-state index is 0.0526. The van der Waals surface area contributed by atoms with E-state index in [1.54, 1.807) is 13.0 Å². The number of carbonyl (C=O) groups is 1. The molecule has 1 amide bonds. The van der Waals surface area contributed by atoms with Crippen molar-refractivity contribution in [1.82, 2.24) is 19.9 Å². The highest BCUT2D eigenvalue weighted by molar-refractivity contribution is 5.92. The molecule has 0 bridgehead atoms. The van der Waals surface area contributed by atoms with Crippen molar-refractivity contribution >= 4 is 16.8 Å². The number of fused-ring (bicyclic) bond motifs is 1. The van der Waals surface area contributed by atoms with E-state index in [0.717, 1.165) is 30.4 Å². The molecule has 1 fully saturated rings. The van der Waals surface area contributed by atoms with Gasteiger partial charge in [-0.15, -0.1) is 0 Å². The lowest BCUT2D eigenvalue weighted by atomic mass is 9.96. The Labute approximate surface area is 158 Å². The van der Waals surface area contributed by atoms with Crippen molar-refractivity contribution in [1.29, 1.82) is 0 Å². The maximum absolute atomic E-state index is 12.9. The molecule has 2 aromatic heterocycles. The zero-order valence-corrected chi connectivity index (χ0v) is 15.8. The molecule has 6 nitrogen and oxygen atoms in total. The summed E-state index contributed by atoms with van der Waals surface area (Å²) < 4.78 is 5.08. The van der Waals surface area contributed by atoms with E-state index in [0.29, 0.717) is 30.5 Å². The number of rotatable bonds is 3. The largest absolute Gasteiger partial charge is 0.361 e. The Balaban J connectivity index is 1.56. The van der Waals surface area contributed by atoms with Crippen molar-refractivity contribution in [2.75, 3.05) is 33.2 Å². The highest BCUT2D eigenvalue weighted by Gasteiger charge is 2.27. The molecule has 140 valence electrons. The second-order valence-electron chi connectivity index (χ2n) is 7.40. The normalized spacial score (nSPS) is 18.6. The van der Waals surface area contributed by atoms with Gasteiger partial charge < -0.3 is 14.3 Å². The SMILES string of the molecule is Cc1cc(C(=O)N2CCN(C)C[C@@H](Cc3cccc4cccnc34)C2)no1. The van der Waals surface area contributed by atoms with Gasteiger partial charge in [0.25, 0.3) is 5.91 Å². The third-order valence-corrected chi connectivity index (χ3v) is 5.16. The van der Waals surface area contributed by atoms with Crippen LogP contribution in [0.4, 0.5) is 0 Å². The molecule has 3 heterocycles. The second kappa shape index (κ2) is 7.48. The molecule has 1 atom stereocenters. The first-order valence-electron chi connectivity index (χ1n) is 9.34. The van der Waals surface area contributed by atoms with E-state index in [1.165, 1.54) is 5.56 Å². The van der Waals surface area contributed by atoms with Gasteiger partial charge in [-0.2, -0.15) is 0 Å². The van der Waals surface area contributed by atoms with E-state index in [9.17, 15) is 4.79 Å². The maximum Gasteiger partial charge on any atom is 0.276 e. The van der Waals surface area contributed by atoms with E-state index in [1.807, 2.05) is 17.2 Å². The molecule has 1 aliphatic heterocycles. The molecule has 0 N–H and O–H groups in total. The summed E-state index contributed by atoms with van der Waals surface area (Å²) in [6, 6.07) is 12.1. The number of aromatic nitrogens is 2. The van der Waals surface area contributed by atoms with Gasteiger partial charge in [0.15, 0.2) is 5.69 Å². The minimum Gasteiger partial charge on any atom is -0.361 e. The molecular weight excluding hydrogens is 340 g/mol. The van der Waals surface area contributed by atoms with Crippen LogP contribution in [-0.4, -0.2) is 59.1 Å². The lowest BCUT2D eigenvalue weighted by Crippen LogP contribution is -2.36. The molecule has 0 radical (unpaired) electrons. The van der Waals surface area contributed by atoms with Gasteiger partial charge in [0, 0.05) is 43.8 Å². The Bertz CT molecular complexity index is 947. The van der Waals surface area contributed by atoms with Crippen molar-refractivity contribution in [3.8, 4) is 0 Å². The van der Waals surface area contributed by atoms with E-state index in [-0.39, 0.29) is 5.91 Å². The first-order valence-corrected chi connectivity index (χ1v) is 9.34. The van der Waals surface area contributed by atoms with Crippen LogP contribution >= 0.6 is 0 Å². The molecule has 1 saturated heterocycles. The Morgan fingerprint density at radius 1 is 1.22 bits per heavy atom. The zero-order valence-electron chi connectivity index (χ0n) is 15.8. The number of benzene rings is 1. The molecule has 6 heteroatoms. The van der Waals surface area contributed by atoms with Crippen LogP contribution in [0.5, 0.6) is 0 Å². The smallest absolute Gasteiger partial charge is 0.276 e. The zero-order chi connectivity index (χ0) is 18.8. The third-order valence-electron chi connectivity index (χ3n) is 5.16. The number of aryl methyl sites for hydroxylation is 1. The fraction of sp³-hybridized carbons (Fsp3) is 0.381. The molecule has 4 rings (SSSR count). The summed E-state index contributed by atoms with van der Waals surface area (Å²) in [5, 5.41) is 5.06. The lowest BCUT2D eigenvalue weighted by molar-refractivity contribution is 0.0736.